The van der Waals surface area contributed by atoms with Gasteiger partial charge in [-0.1, -0.05) is 11.8 Å². The van der Waals surface area contributed by atoms with Crippen LogP contribution in [-0.2, 0) is 29.3 Å². The van der Waals surface area contributed by atoms with Crippen LogP contribution in [0.25, 0.3) is 0 Å². The summed E-state index contributed by atoms with van der Waals surface area (Å²) in [5.74, 6) is 14.3. The maximum Gasteiger partial charge on any atom is 1.00 e. The van der Waals surface area contributed by atoms with Crippen molar-refractivity contribution < 1.29 is 61.5 Å². The first-order valence-corrected chi connectivity index (χ1v) is 12.8. The molecule has 12 N–H and O–H groups in total. The molecule has 32 heavy (non-hydrogen) atoms. The van der Waals surface area contributed by atoms with E-state index >= 15 is 0 Å². The first-order chi connectivity index (χ1) is 12.8. The Morgan fingerprint density at radius 1 is 0.969 bits per heavy atom. The molecule has 21 heteroatoms. The molecule has 0 aromatic rings. The molecule has 0 aliphatic rings. The van der Waals surface area contributed by atoms with Gasteiger partial charge in [-0.05, 0) is 19.1 Å². The quantitative estimate of drug-likeness (QED) is 0.0254. The third-order valence-electron chi connectivity index (χ3n) is 2.19. The van der Waals surface area contributed by atoms with E-state index in [9.17, 15) is 16.8 Å². The van der Waals surface area contributed by atoms with Crippen molar-refractivity contribution in [3.63, 3.8) is 0 Å². The van der Waals surface area contributed by atoms with Crippen LogP contribution in [0.5, 0.6) is 0 Å². The van der Waals surface area contributed by atoms with Crippen molar-refractivity contribution in [2.45, 2.75) is 12.8 Å². The van der Waals surface area contributed by atoms with Gasteiger partial charge >= 0.3 is 29.6 Å². The molecule has 0 atom stereocenters. The predicted molar refractivity (Wildman–Crippen MR) is 138 cm³/mol. The zero-order valence-electron chi connectivity index (χ0n) is 18.5. The Morgan fingerprint density at radius 2 is 1.38 bits per heavy atom. The van der Waals surface area contributed by atoms with E-state index in [-0.39, 0.29) is 95.5 Å². The monoisotopic (exact) mass is 672 g/mol. The van der Waals surface area contributed by atoms with Crippen molar-refractivity contribution in [1.82, 2.24) is 5.48 Å². The maximum absolute atomic E-state index is 10.6. The van der Waals surface area contributed by atoms with Crippen LogP contribution < -0.4 is 64.1 Å². The second kappa shape index (κ2) is 31.5. The number of hydrogen-bond acceptors (Lipinski definition) is 13. The van der Waals surface area contributed by atoms with Crippen LogP contribution in [0, 0.1) is 0 Å². The number of nitrogens with one attached hydrogen (secondary N) is 1. The summed E-state index contributed by atoms with van der Waals surface area (Å²) in [6.07, 6.45) is 5.02. The van der Waals surface area contributed by atoms with Crippen LogP contribution in [0.2, 0.25) is 0 Å². The number of guanidine groups is 1. The molecule has 0 radical (unpaired) electrons. The van der Waals surface area contributed by atoms with E-state index < -0.39 is 19.7 Å². The van der Waals surface area contributed by atoms with Gasteiger partial charge in [0.2, 0.25) is 5.96 Å². The van der Waals surface area contributed by atoms with Crippen molar-refractivity contribution in [3.8, 4) is 0 Å². The molecule has 0 unspecified atom stereocenters. The third kappa shape index (κ3) is 57.4. The minimum Gasteiger partial charge on any atom is -0.870 e. The van der Waals surface area contributed by atoms with Crippen LogP contribution >= 0.6 is 48.1 Å². The largest absolute Gasteiger partial charge is 1.00 e. The second-order valence-corrected chi connectivity index (χ2v) is 10.3. The third-order valence-corrected chi connectivity index (χ3v) is 4.78. The average Bonchev–Trinajstić information content (AvgIpc) is 2.59. The number of hydrogen-bond donors (Lipinski definition) is 6. The first kappa shape index (κ1) is 49.6. The SMILES string of the molecule is CS(=O)(=O)CCCON.CS(=O)(=O)CCCONC(N)=NN.CSC(N)=NN.Cl.I.[Na+].[OH-]. The summed E-state index contributed by atoms with van der Waals surface area (Å²) in [5.41, 5.74) is 12.4. The summed E-state index contributed by atoms with van der Waals surface area (Å²) in [5, 5.41) is 6.65. The van der Waals surface area contributed by atoms with Crippen LogP contribution in [-0.4, -0.2) is 76.9 Å². The number of nitrogens with zero attached hydrogens (tertiary/aromatic N) is 2. The average molecular weight is 673 g/mol. The molecular weight excluding hydrogens is 638 g/mol. The summed E-state index contributed by atoms with van der Waals surface area (Å²) < 4.78 is 42.1. The van der Waals surface area contributed by atoms with E-state index in [1.54, 1.807) is 0 Å². The molecule has 0 saturated heterocycles. The fourth-order valence-corrected chi connectivity index (χ4v) is 2.39. The molecule has 0 heterocycles. The molecule has 0 aromatic carbocycles. The number of hydrazone groups is 2. The number of nitrogens with two attached hydrogens (primary N) is 5. The smallest absolute Gasteiger partial charge is 0.870 e. The molecule has 194 valence electrons. The molecule has 0 saturated carbocycles. The summed E-state index contributed by atoms with van der Waals surface area (Å²) in [6, 6.07) is 0. The minimum absolute atomic E-state index is 0. The second-order valence-electron chi connectivity index (χ2n) is 4.97. The van der Waals surface area contributed by atoms with Gasteiger partial charge in [0.15, 0.2) is 5.17 Å². The van der Waals surface area contributed by atoms with Gasteiger partial charge in [0.05, 0.1) is 24.7 Å². The van der Waals surface area contributed by atoms with Gasteiger partial charge in [-0.3, -0.25) is 4.84 Å². The van der Waals surface area contributed by atoms with Crippen molar-refractivity contribution >= 4 is 78.9 Å². The van der Waals surface area contributed by atoms with Gasteiger partial charge in [0.1, 0.15) is 19.7 Å². The van der Waals surface area contributed by atoms with Gasteiger partial charge in [-0.25, -0.2) is 28.2 Å². The number of halogens is 2. The maximum atomic E-state index is 10.6. The molecule has 0 rings (SSSR count). The number of sulfone groups is 2. The zero-order chi connectivity index (χ0) is 22.6. The van der Waals surface area contributed by atoms with Crippen LogP contribution in [0.1, 0.15) is 12.8 Å². The Hall–Kier alpha value is 0.450. The number of thioether (sulfide) groups is 1. The zero-order valence-corrected chi connectivity index (χ0v) is 26.1. The van der Waals surface area contributed by atoms with Crippen LogP contribution in [0.15, 0.2) is 10.2 Å². The van der Waals surface area contributed by atoms with Crippen molar-refractivity contribution in [3.05, 3.63) is 0 Å². The fraction of sp³-hybridized carbons (Fsp3) is 0.818. The first-order valence-electron chi connectivity index (χ1n) is 7.48. The summed E-state index contributed by atoms with van der Waals surface area (Å²) in [4.78, 5) is 8.90. The van der Waals surface area contributed by atoms with Gasteiger partial charge in [-0.2, -0.15) is 5.10 Å². The molecule has 0 bridgehead atoms. The van der Waals surface area contributed by atoms with Crippen LogP contribution in [0.4, 0.5) is 0 Å². The molecule has 15 nitrogen and oxygen atoms in total. The van der Waals surface area contributed by atoms with Gasteiger partial charge < -0.3 is 33.5 Å². The van der Waals surface area contributed by atoms with Gasteiger partial charge in [0.25, 0.3) is 0 Å². The van der Waals surface area contributed by atoms with E-state index in [0.717, 1.165) is 6.26 Å². The molecule has 0 aliphatic carbocycles. The van der Waals surface area contributed by atoms with E-state index in [1.165, 1.54) is 18.0 Å². The minimum atomic E-state index is -2.92. The number of hydroxylamine groups is 1. The number of amidine groups is 1. The Kier molecular flexibility index (Phi) is 48.7. The summed E-state index contributed by atoms with van der Waals surface area (Å²) >= 11 is 1.33. The van der Waals surface area contributed by atoms with Crippen LogP contribution in [0.3, 0.4) is 0 Å². The Balaban J connectivity index is -0.0000000586. The topological polar surface area (TPSA) is 284 Å². The van der Waals surface area contributed by atoms with Crippen molar-refractivity contribution in [2.24, 2.45) is 39.3 Å². The summed E-state index contributed by atoms with van der Waals surface area (Å²) in [7, 11) is -5.76. The number of rotatable bonds is 9. The fourth-order valence-electron chi connectivity index (χ4n) is 1.00. The molecule has 0 amide bonds. The molecule has 0 aliphatic heterocycles. The normalized spacial score (nSPS) is 10.8. The molecular formula is C11H35ClIN8NaO7S3. The van der Waals surface area contributed by atoms with E-state index in [0.29, 0.717) is 24.6 Å². The van der Waals surface area contributed by atoms with Crippen molar-refractivity contribution in [2.75, 3.05) is 43.5 Å². The van der Waals surface area contributed by atoms with Crippen molar-refractivity contribution in [1.29, 1.82) is 0 Å². The molecule has 0 spiro atoms. The molecule has 0 aromatic heterocycles. The van der Waals surface area contributed by atoms with Gasteiger partial charge in [0, 0.05) is 12.5 Å². The Labute approximate surface area is 239 Å². The van der Waals surface area contributed by atoms with E-state index in [2.05, 4.69) is 26.4 Å². The van der Waals surface area contributed by atoms with E-state index in [1.807, 2.05) is 6.26 Å². The Morgan fingerprint density at radius 3 is 1.62 bits per heavy atom. The van der Waals surface area contributed by atoms with E-state index in [4.69, 9.17) is 28.0 Å². The summed E-state index contributed by atoms with van der Waals surface area (Å²) in [6.45, 7) is 0.524. The van der Waals surface area contributed by atoms with Gasteiger partial charge in [-0.15, -0.1) is 41.5 Å². The Bertz CT molecular complexity index is 660. The standard InChI is InChI=1S/C5H14N4O3S.C4H11NO3S.C2H7N3S.ClH.HI.Na.H2O/c1-13(10,11)4-2-3-12-9-5(6)8-7;1-9(6,7)4-2-3-8-5;1-6-2(3)5-4;;;;/h2-4,7H2,1H3,(H3,6,8,9);2-5H2,1H3;4H2,1H3,(H2,3,5);2*1H;;1H2/q;;;;;+1;/p-1. The predicted octanol–water partition coefficient (Wildman–Crippen LogP) is -5.15. The molecule has 0 fully saturated rings.